The van der Waals surface area contributed by atoms with Crippen LogP contribution in [0.5, 0.6) is 0 Å². The molecule has 2 aromatic carbocycles. The van der Waals surface area contributed by atoms with E-state index in [0.29, 0.717) is 0 Å². The van der Waals surface area contributed by atoms with Gasteiger partial charge in [0.1, 0.15) is 0 Å². The molecule has 0 aliphatic heterocycles. The molecule has 0 radical (unpaired) electrons. The topological polar surface area (TPSA) is 30.2 Å². The maximum Gasteiger partial charge on any atom is 0.155 e. The summed E-state index contributed by atoms with van der Waals surface area (Å²) in [4.78, 5) is 4.29. The van der Waals surface area contributed by atoms with Crippen LogP contribution in [0.3, 0.4) is 0 Å². The second-order valence-electron chi connectivity index (χ2n) is 4.51. The van der Waals surface area contributed by atoms with Crippen molar-refractivity contribution in [2.24, 2.45) is 0 Å². The molecular weight excluding hydrogens is 234 g/mol. The predicted molar refractivity (Wildman–Crippen MR) is 75.9 cm³/mol. The minimum Gasteiger partial charge on any atom is -0.237 e. The average molecular weight is 245 g/mol. The van der Waals surface area contributed by atoms with E-state index in [-0.39, 0.29) is 0 Å². The summed E-state index contributed by atoms with van der Waals surface area (Å²) < 4.78 is 1.80. The maximum absolute atomic E-state index is 4.54. The second kappa shape index (κ2) is 3.92. The highest BCUT2D eigenvalue weighted by atomic mass is 15.2. The SMILES string of the molecule is c1ccc2cc(-c3cc4ncccn4n3)ccc2c1. The van der Waals surface area contributed by atoms with Gasteiger partial charge in [-0.2, -0.15) is 5.10 Å². The minimum atomic E-state index is 0.866. The Morgan fingerprint density at radius 2 is 1.74 bits per heavy atom. The van der Waals surface area contributed by atoms with Gasteiger partial charge in [0.25, 0.3) is 0 Å². The molecule has 0 aliphatic carbocycles. The summed E-state index contributed by atoms with van der Waals surface area (Å²) in [6.07, 6.45) is 3.69. The van der Waals surface area contributed by atoms with Gasteiger partial charge in [0.15, 0.2) is 5.65 Å². The first-order valence-electron chi connectivity index (χ1n) is 6.20. The molecule has 90 valence electrons. The summed E-state index contributed by atoms with van der Waals surface area (Å²) in [5.74, 6) is 0. The summed E-state index contributed by atoms with van der Waals surface area (Å²) in [7, 11) is 0. The molecule has 2 aromatic heterocycles. The molecule has 0 unspecified atom stereocenters. The third kappa shape index (κ3) is 1.67. The number of rotatable bonds is 1. The molecule has 19 heavy (non-hydrogen) atoms. The number of hydrogen-bond acceptors (Lipinski definition) is 2. The Bertz CT molecular complexity index is 844. The van der Waals surface area contributed by atoms with Crippen LogP contribution in [-0.4, -0.2) is 14.6 Å². The monoisotopic (exact) mass is 245 g/mol. The molecule has 4 rings (SSSR count). The van der Waals surface area contributed by atoms with E-state index in [2.05, 4.69) is 52.5 Å². The van der Waals surface area contributed by atoms with Crippen LogP contribution in [0, 0.1) is 0 Å². The van der Waals surface area contributed by atoms with Crippen molar-refractivity contribution in [2.75, 3.05) is 0 Å². The maximum atomic E-state index is 4.54. The van der Waals surface area contributed by atoms with Gasteiger partial charge in [-0.05, 0) is 22.9 Å². The van der Waals surface area contributed by atoms with Gasteiger partial charge in [0.2, 0.25) is 0 Å². The lowest BCUT2D eigenvalue weighted by Crippen LogP contribution is -1.87. The van der Waals surface area contributed by atoms with Crippen LogP contribution in [0.15, 0.2) is 67.0 Å². The van der Waals surface area contributed by atoms with Crippen molar-refractivity contribution in [3.63, 3.8) is 0 Å². The van der Waals surface area contributed by atoms with Gasteiger partial charge in [-0.25, -0.2) is 9.50 Å². The highest BCUT2D eigenvalue weighted by Gasteiger charge is 2.05. The molecule has 0 spiro atoms. The molecule has 3 heteroatoms. The Hall–Kier alpha value is -2.68. The van der Waals surface area contributed by atoms with Crippen molar-refractivity contribution in [2.45, 2.75) is 0 Å². The van der Waals surface area contributed by atoms with E-state index in [1.54, 1.807) is 10.7 Å². The minimum absolute atomic E-state index is 0.866. The highest BCUT2D eigenvalue weighted by Crippen LogP contribution is 2.23. The quantitative estimate of drug-likeness (QED) is 0.513. The van der Waals surface area contributed by atoms with Gasteiger partial charge in [-0.15, -0.1) is 0 Å². The van der Waals surface area contributed by atoms with Crippen LogP contribution in [0.2, 0.25) is 0 Å². The molecule has 4 aromatic rings. The third-order valence-electron chi connectivity index (χ3n) is 3.28. The van der Waals surface area contributed by atoms with Crippen LogP contribution in [0.25, 0.3) is 27.7 Å². The predicted octanol–water partition coefficient (Wildman–Crippen LogP) is 3.55. The Morgan fingerprint density at radius 1 is 0.842 bits per heavy atom. The third-order valence-corrected chi connectivity index (χ3v) is 3.28. The standard InChI is InChI=1S/C16H11N3/c1-2-5-13-10-14(7-6-12(13)4-1)15-11-16-17-8-3-9-19(16)18-15/h1-11H. The molecule has 0 N–H and O–H groups in total. The second-order valence-corrected chi connectivity index (χ2v) is 4.51. The molecule has 0 bridgehead atoms. The van der Waals surface area contributed by atoms with E-state index in [0.717, 1.165) is 16.9 Å². The summed E-state index contributed by atoms with van der Waals surface area (Å²) >= 11 is 0. The lowest BCUT2D eigenvalue weighted by molar-refractivity contribution is 0.943. The van der Waals surface area contributed by atoms with Crippen LogP contribution < -0.4 is 0 Å². The zero-order valence-electron chi connectivity index (χ0n) is 10.2. The zero-order chi connectivity index (χ0) is 12.7. The molecule has 2 heterocycles. The molecule has 0 fully saturated rings. The van der Waals surface area contributed by atoms with E-state index in [1.807, 2.05) is 18.3 Å². The van der Waals surface area contributed by atoms with Crippen LogP contribution in [0.1, 0.15) is 0 Å². The summed E-state index contributed by atoms with van der Waals surface area (Å²) in [6.45, 7) is 0. The average Bonchev–Trinajstić information content (AvgIpc) is 2.90. The smallest absolute Gasteiger partial charge is 0.155 e. The molecule has 3 nitrogen and oxygen atoms in total. The molecule has 0 atom stereocenters. The largest absolute Gasteiger partial charge is 0.237 e. The number of hydrogen-bond donors (Lipinski definition) is 0. The highest BCUT2D eigenvalue weighted by molar-refractivity contribution is 5.87. The van der Waals surface area contributed by atoms with Gasteiger partial charge < -0.3 is 0 Å². The fourth-order valence-electron chi connectivity index (χ4n) is 2.32. The van der Waals surface area contributed by atoms with E-state index >= 15 is 0 Å². The fraction of sp³-hybridized carbons (Fsp3) is 0. The Balaban J connectivity index is 1.93. The van der Waals surface area contributed by atoms with E-state index in [1.165, 1.54) is 10.8 Å². The summed E-state index contributed by atoms with van der Waals surface area (Å²) in [5, 5.41) is 7.01. The fourth-order valence-corrected chi connectivity index (χ4v) is 2.32. The zero-order valence-corrected chi connectivity index (χ0v) is 10.2. The molecule has 0 saturated carbocycles. The van der Waals surface area contributed by atoms with Crippen molar-refractivity contribution < 1.29 is 0 Å². The number of benzene rings is 2. The first-order valence-corrected chi connectivity index (χ1v) is 6.20. The Labute approximate surface area is 110 Å². The summed E-state index contributed by atoms with van der Waals surface area (Å²) in [6, 6.07) is 18.6. The molecule has 0 aliphatic rings. The normalized spacial score (nSPS) is 11.2. The van der Waals surface area contributed by atoms with Gasteiger partial charge in [0, 0.05) is 24.0 Å². The van der Waals surface area contributed by atoms with Crippen LogP contribution in [-0.2, 0) is 0 Å². The van der Waals surface area contributed by atoms with E-state index < -0.39 is 0 Å². The van der Waals surface area contributed by atoms with Crippen molar-refractivity contribution in [3.8, 4) is 11.3 Å². The van der Waals surface area contributed by atoms with Gasteiger partial charge >= 0.3 is 0 Å². The first-order chi connectivity index (χ1) is 9.40. The van der Waals surface area contributed by atoms with Crippen LogP contribution in [0.4, 0.5) is 0 Å². The van der Waals surface area contributed by atoms with Gasteiger partial charge in [-0.3, -0.25) is 0 Å². The number of fused-ring (bicyclic) bond motifs is 2. The van der Waals surface area contributed by atoms with E-state index in [9.17, 15) is 0 Å². The molecule has 0 saturated heterocycles. The Morgan fingerprint density at radius 3 is 2.63 bits per heavy atom. The lowest BCUT2D eigenvalue weighted by Gasteiger charge is -2.00. The molecule has 0 amide bonds. The van der Waals surface area contributed by atoms with Gasteiger partial charge in [-0.1, -0.05) is 36.4 Å². The molecular formula is C16H11N3. The van der Waals surface area contributed by atoms with Crippen LogP contribution >= 0.6 is 0 Å². The van der Waals surface area contributed by atoms with Crippen molar-refractivity contribution in [1.82, 2.24) is 14.6 Å². The van der Waals surface area contributed by atoms with Gasteiger partial charge in [0.05, 0.1) is 5.69 Å². The Kier molecular flexibility index (Phi) is 2.12. The lowest BCUT2D eigenvalue weighted by atomic mass is 10.1. The van der Waals surface area contributed by atoms with Crippen molar-refractivity contribution >= 4 is 16.4 Å². The first kappa shape index (κ1) is 10.3. The summed E-state index contributed by atoms with van der Waals surface area (Å²) in [5.41, 5.74) is 2.93. The number of nitrogens with zero attached hydrogens (tertiary/aromatic N) is 3. The number of aromatic nitrogens is 3. The van der Waals surface area contributed by atoms with Crippen molar-refractivity contribution in [1.29, 1.82) is 0 Å². The van der Waals surface area contributed by atoms with E-state index in [4.69, 9.17) is 0 Å². The van der Waals surface area contributed by atoms with Crippen molar-refractivity contribution in [3.05, 3.63) is 67.0 Å².